The summed E-state index contributed by atoms with van der Waals surface area (Å²) in [5.74, 6) is 0. The zero-order valence-corrected chi connectivity index (χ0v) is 6.66. The first-order valence-corrected chi connectivity index (χ1v) is 3.01. The minimum atomic E-state index is -4.29. The fourth-order valence-electron chi connectivity index (χ4n) is 0.538. The zero-order chi connectivity index (χ0) is 9.07. The largest absolute Gasteiger partial charge is 0.432 e. The molecule has 0 aromatic heterocycles. The molecule has 0 saturated carbocycles. The van der Waals surface area contributed by atoms with Gasteiger partial charge in [-0.2, -0.15) is 13.2 Å². The molecule has 11 heavy (non-hydrogen) atoms. The molecule has 0 aromatic carbocycles. The third kappa shape index (κ3) is 3.75. The number of hydrogen-bond donors (Lipinski definition) is 1. The smallest absolute Gasteiger partial charge is 0.383 e. The minimum absolute atomic E-state index is 0.748. The number of nitrogens with zero attached hydrogens (tertiary/aromatic N) is 1. The second-order valence-electron chi connectivity index (χ2n) is 2.25. The number of nitrogens with one attached hydrogen (secondary N) is 1. The van der Waals surface area contributed by atoms with Crippen LogP contribution in [0.25, 0.3) is 0 Å². The van der Waals surface area contributed by atoms with E-state index in [-0.39, 0.29) is 0 Å². The molecule has 5 heteroatoms. The molecule has 0 aromatic rings. The third-order valence-electron chi connectivity index (χ3n) is 0.962. The highest BCUT2D eigenvalue weighted by atomic mass is 19.4. The van der Waals surface area contributed by atoms with Gasteiger partial charge in [0.25, 0.3) is 0 Å². The fraction of sp³-hybridized carbons (Fsp3) is 0.667. The van der Waals surface area contributed by atoms with E-state index < -0.39 is 11.9 Å². The maximum Gasteiger partial charge on any atom is 0.432 e. The standard InChI is InChI=1S/C6H11F3N2/c1-10-5(4-11(2)3)6(7,8)9/h4,10H,1-3H3/b5-4-. The van der Waals surface area contributed by atoms with Crippen LogP contribution in [0.5, 0.6) is 0 Å². The molecule has 0 fully saturated rings. The first kappa shape index (κ1) is 10.1. The normalized spacial score (nSPS) is 13.1. The highest BCUT2D eigenvalue weighted by Crippen LogP contribution is 2.22. The summed E-state index contributed by atoms with van der Waals surface area (Å²) in [4.78, 5) is 1.33. The molecule has 0 unspecified atom stereocenters. The number of halogens is 3. The Hall–Kier alpha value is -0.870. The van der Waals surface area contributed by atoms with E-state index >= 15 is 0 Å². The maximum atomic E-state index is 11.9. The van der Waals surface area contributed by atoms with Crippen molar-refractivity contribution in [2.75, 3.05) is 21.1 Å². The van der Waals surface area contributed by atoms with Crippen molar-refractivity contribution in [3.8, 4) is 0 Å². The molecule has 66 valence electrons. The van der Waals surface area contributed by atoms with E-state index in [0.29, 0.717) is 0 Å². The van der Waals surface area contributed by atoms with Crippen LogP contribution < -0.4 is 5.32 Å². The lowest BCUT2D eigenvalue weighted by Gasteiger charge is -2.13. The molecular formula is C6H11F3N2. The van der Waals surface area contributed by atoms with Crippen molar-refractivity contribution >= 4 is 0 Å². The summed E-state index contributed by atoms with van der Waals surface area (Å²) < 4.78 is 35.8. The lowest BCUT2D eigenvalue weighted by molar-refractivity contribution is -0.0970. The Kier molecular flexibility index (Phi) is 3.22. The van der Waals surface area contributed by atoms with Crippen LogP contribution in [0, 0.1) is 0 Å². The van der Waals surface area contributed by atoms with Crippen molar-refractivity contribution < 1.29 is 13.2 Å². The Bertz CT molecular complexity index is 148. The van der Waals surface area contributed by atoms with Crippen molar-refractivity contribution in [1.29, 1.82) is 0 Å². The molecule has 0 radical (unpaired) electrons. The van der Waals surface area contributed by atoms with E-state index in [1.807, 2.05) is 0 Å². The molecule has 0 bridgehead atoms. The SMILES string of the molecule is CN/C(=C\N(C)C)C(F)(F)F. The Balaban J connectivity index is 4.41. The summed E-state index contributed by atoms with van der Waals surface area (Å²) in [5.41, 5.74) is -0.748. The van der Waals surface area contributed by atoms with E-state index in [0.717, 1.165) is 6.20 Å². The van der Waals surface area contributed by atoms with Gasteiger partial charge in [-0.05, 0) is 0 Å². The molecule has 2 nitrogen and oxygen atoms in total. The summed E-state index contributed by atoms with van der Waals surface area (Å²) in [6.07, 6.45) is -3.31. The van der Waals surface area contributed by atoms with E-state index in [1.54, 1.807) is 0 Å². The Labute approximate surface area is 63.7 Å². The van der Waals surface area contributed by atoms with Crippen molar-refractivity contribution in [2.45, 2.75) is 6.18 Å². The second-order valence-corrected chi connectivity index (χ2v) is 2.25. The lowest BCUT2D eigenvalue weighted by Crippen LogP contribution is -2.25. The van der Waals surface area contributed by atoms with Gasteiger partial charge < -0.3 is 10.2 Å². The van der Waals surface area contributed by atoms with Crippen LogP contribution >= 0.6 is 0 Å². The molecule has 0 amide bonds. The van der Waals surface area contributed by atoms with Crippen molar-refractivity contribution in [3.05, 3.63) is 11.9 Å². The lowest BCUT2D eigenvalue weighted by atomic mass is 10.4. The van der Waals surface area contributed by atoms with Gasteiger partial charge in [0.05, 0.1) is 0 Å². The number of alkyl halides is 3. The topological polar surface area (TPSA) is 15.3 Å². The van der Waals surface area contributed by atoms with Crippen molar-refractivity contribution in [2.24, 2.45) is 0 Å². The molecule has 0 heterocycles. The van der Waals surface area contributed by atoms with Gasteiger partial charge in [0.15, 0.2) is 0 Å². The summed E-state index contributed by atoms with van der Waals surface area (Å²) in [6, 6.07) is 0. The summed E-state index contributed by atoms with van der Waals surface area (Å²) in [5, 5.41) is 2.07. The zero-order valence-electron chi connectivity index (χ0n) is 6.66. The van der Waals surface area contributed by atoms with Gasteiger partial charge in [-0.15, -0.1) is 0 Å². The first-order chi connectivity index (χ1) is 4.88. The molecule has 0 aliphatic rings. The Morgan fingerprint density at radius 1 is 1.36 bits per heavy atom. The summed E-state index contributed by atoms with van der Waals surface area (Å²) in [7, 11) is 4.30. The van der Waals surface area contributed by atoms with Gasteiger partial charge in [0.1, 0.15) is 5.70 Å². The van der Waals surface area contributed by atoms with Gasteiger partial charge in [0, 0.05) is 27.3 Å². The molecule has 0 aliphatic heterocycles. The van der Waals surface area contributed by atoms with Crippen LogP contribution in [0.2, 0.25) is 0 Å². The quantitative estimate of drug-likeness (QED) is 0.665. The van der Waals surface area contributed by atoms with Crippen molar-refractivity contribution in [3.63, 3.8) is 0 Å². The molecule has 1 N–H and O–H groups in total. The van der Waals surface area contributed by atoms with Crippen molar-refractivity contribution in [1.82, 2.24) is 10.2 Å². The molecule has 0 rings (SSSR count). The Morgan fingerprint density at radius 3 is 1.91 bits per heavy atom. The third-order valence-corrected chi connectivity index (χ3v) is 0.962. The summed E-state index contributed by atoms with van der Waals surface area (Å²) >= 11 is 0. The maximum absolute atomic E-state index is 11.9. The highest BCUT2D eigenvalue weighted by Gasteiger charge is 2.33. The average Bonchev–Trinajstić information content (AvgIpc) is 1.79. The molecule has 0 saturated heterocycles. The van der Waals surface area contributed by atoms with E-state index in [4.69, 9.17) is 0 Å². The molecule has 0 atom stereocenters. The number of hydrogen-bond acceptors (Lipinski definition) is 2. The minimum Gasteiger partial charge on any atom is -0.383 e. The van der Waals surface area contributed by atoms with E-state index in [2.05, 4.69) is 5.32 Å². The van der Waals surface area contributed by atoms with Crippen LogP contribution in [0.3, 0.4) is 0 Å². The van der Waals surface area contributed by atoms with Crippen LogP contribution in [0.1, 0.15) is 0 Å². The van der Waals surface area contributed by atoms with Gasteiger partial charge >= 0.3 is 6.18 Å². The van der Waals surface area contributed by atoms with E-state index in [1.165, 1.54) is 26.0 Å². The van der Waals surface area contributed by atoms with Crippen LogP contribution in [0.4, 0.5) is 13.2 Å². The molecule has 0 spiro atoms. The number of rotatable bonds is 2. The second kappa shape index (κ2) is 3.50. The molecular weight excluding hydrogens is 157 g/mol. The van der Waals surface area contributed by atoms with Gasteiger partial charge in [-0.25, -0.2) is 0 Å². The van der Waals surface area contributed by atoms with Crippen LogP contribution in [-0.4, -0.2) is 32.2 Å². The van der Waals surface area contributed by atoms with E-state index in [9.17, 15) is 13.2 Å². The number of allylic oxidation sites excluding steroid dienone is 1. The predicted molar refractivity (Wildman–Crippen MR) is 36.9 cm³/mol. The average molecular weight is 168 g/mol. The predicted octanol–water partition coefficient (Wildman–Crippen LogP) is 1.17. The first-order valence-electron chi connectivity index (χ1n) is 3.01. The molecule has 0 aliphatic carbocycles. The van der Waals surface area contributed by atoms with Gasteiger partial charge in [-0.3, -0.25) is 0 Å². The van der Waals surface area contributed by atoms with Gasteiger partial charge in [0.2, 0.25) is 0 Å². The van der Waals surface area contributed by atoms with Gasteiger partial charge in [-0.1, -0.05) is 0 Å². The monoisotopic (exact) mass is 168 g/mol. The highest BCUT2D eigenvalue weighted by molar-refractivity contribution is 5.04. The fourth-order valence-corrected chi connectivity index (χ4v) is 0.538. The Morgan fingerprint density at radius 2 is 1.82 bits per heavy atom. The van der Waals surface area contributed by atoms with Crippen LogP contribution in [-0.2, 0) is 0 Å². The van der Waals surface area contributed by atoms with Crippen LogP contribution in [0.15, 0.2) is 11.9 Å². The summed E-state index contributed by atoms with van der Waals surface area (Å²) in [6.45, 7) is 0.